The Kier molecular flexibility index (Phi) is 4.09. The Hall–Kier alpha value is -0.560. The van der Waals surface area contributed by atoms with E-state index in [1.54, 1.807) is 0 Å². The first-order valence-electron chi connectivity index (χ1n) is 4.77. The number of allylic oxidation sites excluding steroid dienone is 2. The highest BCUT2D eigenvalue weighted by Crippen LogP contribution is 2.32. The molecule has 1 rings (SSSR count). The van der Waals surface area contributed by atoms with Crippen LogP contribution < -0.4 is 0 Å². The normalized spacial score (nSPS) is 29.8. The predicted molar refractivity (Wildman–Crippen MR) is 51.9 cm³/mol. The molecule has 1 N–H and O–H groups in total. The standard InChI is InChI=1S/C11H18O/c1-2-10-6-7-11(9-10)5-3-4-8-12/h2-3,5,10-12H,1,4,6-9H2/t10-,11+/m0/s1. The number of rotatable bonds is 4. The molecule has 2 atom stereocenters. The van der Waals surface area contributed by atoms with Crippen LogP contribution in [0.25, 0.3) is 0 Å². The fourth-order valence-corrected chi connectivity index (χ4v) is 1.80. The fraction of sp³-hybridized carbons (Fsp3) is 0.636. The average Bonchev–Trinajstić information content (AvgIpc) is 2.53. The van der Waals surface area contributed by atoms with Crippen molar-refractivity contribution in [3.05, 3.63) is 24.8 Å². The molecular weight excluding hydrogens is 148 g/mol. The molecule has 0 radical (unpaired) electrons. The maximum Gasteiger partial charge on any atom is 0.0465 e. The summed E-state index contributed by atoms with van der Waals surface area (Å²) in [7, 11) is 0. The van der Waals surface area contributed by atoms with Gasteiger partial charge in [0.15, 0.2) is 0 Å². The van der Waals surface area contributed by atoms with E-state index in [0.717, 1.165) is 18.3 Å². The number of aliphatic hydroxyl groups is 1. The van der Waals surface area contributed by atoms with E-state index in [1.807, 2.05) is 0 Å². The van der Waals surface area contributed by atoms with Crippen LogP contribution in [0, 0.1) is 11.8 Å². The van der Waals surface area contributed by atoms with Gasteiger partial charge in [0.05, 0.1) is 0 Å². The lowest BCUT2D eigenvalue weighted by molar-refractivity contribution is 0.302. The Balaban J connectivity index is 2.22. The largest absolute Gasteiger partial charge is 0.396 e. The first kappa shape index (κ1) is 9.53. The monoisotopic (exact) mass is 166 g/mol. The van der Waals surface area contributed by atoms with Crippen LogP contribution in [0.2, 0.25) is 0 Å². The highest BCUT2D eigenvalue weighted by atomic mass is 16.2. The van der Waals surface area contributed by atoms with Gasteiger partial charge in [-0.25, -0.2) is 0 Å². The summed E-state index contributed by atoms with van der Waals surface area (Å²) in [6, 6.07) is 0. The van der Waals surface area contributed by atoms with E-state index in [2.05, 4.69) is 24.8 Å². The Bertz CT molecular complexity index is 160. The van der Waals surface area contributed by atoms with Crippen molar-refractivity contribution in [1.82, 2.24) is 0 Å². The van der Waals surface area contributed by atoms with Gasteiger partial charge in [-0.15, -0.1) is 6.58 Å². The van der Waals surface area contributed by atoms with E-state index in [-0.39, 0.29) is 6.61 Å². The van der Waals surface area contributed by atoms with Crippen LogP contribution in [-0.2, 0) is 0 Å². The van der Waals surface area contributed by atoms with Crippen molar-refractivity contribution in [1.29, 1.82) is 0 Å². The van der Waals surface area contributed by atoms with Crippen LogP contribution >= 0.6 is 0 Å². The molecule has 1 heteroatoms. The first-order chi connectivity index (χ1) is 5.86. The fourth-order valence-electron chi connectivity index (χ4n) is 1.80. The Morgan fingerprint density at radius 1 is 1.33 bits per heavy atom. The van der Waals surface area contributed by atoms with Gasteiger partial charge in [0.2, 0.25) is 0 Å². The van der Waals surface area contributed by atoms with E-state index in [9.17, 15) is 0 Å². The summed E-state index contributed by atoms with van der Waals surface area (Å²) in [4.78, 5) is 0. The van der Waals surface area contributed by atoms with Crippen molar-refractivity contribution in [3.63, 3.8) is 0 Å². The van der Waals surface area contributed by atoms with Gasteiger partial charge in [-0.1, -0.05) is 18.2 Å². The SMILES string of the molecule is C=C[C@H]1CC[C@@H](C=CCCO)C1. The molecule has 0 unspecified atom stereocenters. The van der Waals surface area contributed by atoms with Gasteiger partial charge in [0, 0.05) is 6.61 Å². The molecule has 0 heterocycles. The third kappa shape index (κ3) is 2.82. The molecular formula is C11H18O. The van der Waals surface area contributed by atoms with Crippen LogP contribution in [0.5, 0.6) is 0 Å². The first-order valence-corrected chi connectivity index (χ1v) is 4.77. The molecule has 0 aromatic carbocycles. The summed E-state index contributed by atoms with van der Waals surface area (Å²) < 4.78 is 0. The molecule has 0 saturated heterocycles. The quantitative estimate of drug-likeness (QED) is 0.636. The summed E-state index contributed by atoms with van der Waals surface area (Å²) in [6.45, 7) is 4.08. The number of hydrogen-bond acceptors (Lipinski definition) is 1. The average molecular weight is 166 g/mol. The smallest absolute Gasteiger partial charge is 0.0465 e. The predicted octanol–water partition coefficient (Wildman–Crippen LogP) is 2.53. The van der Waals surface area contributed by atoms with Crippen LogP contribution in [0.15, 0.2) is 24.8 Å². The van der Waals surface area contributed by atoms with Gasteiger partial charge in [0.25, 0.3) is 0 Å². The van der Waals surface area contributed by atoms with E-state index in [1.165, 1.54) is 19.3 Å². The maximum atomic E-state index is 8.57. The molecule has 0 aromatic rings. The van der Waals surface area contributed by atoms with Crippen molar-refractivity contribution in [2.45, 2.75) is 25.7 Å². The highest BCUT2D eigenvalue weighted by molar-refractivity contribution is 4.96. The van der Waals surface area contributed by atoms with Gasteiger partial charge in [-0.3, -0.25) is 0 Å². The molecule has 0 bridgehead atoms. The molecule has 0 aliphatic heterocycles. The molecule has 0 amide bonds. The summed E-state index contributed by atoms with van der Waals surface area (Å²) in [6.07, 6.45) is 11.0. The second-order valence-corrected chi connectivity index (χ2v) is 3.51. The number of hydrogen-bond donors (Lipinski definition) is 1. The zero-order chi connectivity index (χ0) is 8.81. The minimum Gasteiger partial charge on any atom is -0.396 e. The van der Waals surface area contributed by atoms with Crippen LogP contribution in [0.3, 0.4) is 0 Å². The highest BCUT2D eigenvalue weighted by Gasteiger charge is 2.19. The van der Waals surface area contributed by atoms with Gasteiger partial charge >= 0.3 is 0 Å². The van der Waals surface area contributed by atoms with Crippen molar-refractivity contribution < 1.29 is 5.11 Å². The lowest BCUT2D eigenvalue weighted by Gasteiger charge is -2.01. The lowest BCUT2D eigenvalue weighted by atomic mass is 10.0. The van der Waals surface area contributed by atoms with Gasteiger partial charge in [0.1, 0.15) is 0 Å². The molecule has 1 aliphatic rings. The summed E-state index contributed by atoms with van der Waals surface area (Å²) in [5, 5.41) is 8.57. The minimum absolute atomic E-state index is 0.272. The summed E-state index contributed by atoms with van der Waals surface area (Å²) in [5.74, 6) is 1.47. The summed E-state index contributed by atoms with van der Waals surface area (Å²) in [5.41, 5.74) is 0. The Labute approximate surface area is 74.8 Å². The van der Waals surface area contributed by atoms with E-state index in [0.29, 0.717) is 0 Å². The van der Waals surface area contributed by atoms with Crippen LogP contribution in [0.4, 0.5) is 0 Å². The number of aliphatic hydroxyl groups excluding tert-OH is 1. The van der Waals surface area contributed by atoms with Gasteiger partial charge in [-0.05, 0) is 37.5 Å². The second-order valence-electron chi connectivity index (χ2n) is 3.51. The van der Waals surface area contributed by atoms with Gasteiger partial charge in [-0.2, -0.15) is 0 Å². The molecule has 0 spiro atoms. The molecule has 1 fully saturated rings. The van der Waals surface area contributed by atoms with E-state index < -0.39 is 0 Å². The Morgan fingerprint density at radius 2 is 2.08 bits per heavy atom. The molecule has 68 valence electrons. The van der Waals surface area contributed by atoms with Crippen molar-refractivity contribution in [3.8, 4) is 0 Å². The third-order valence-electron chi connectivity index (χ3n) is 2.55. The second kappa shape index (κ2) is 5.15. The van der Waals surface area contributed by atoms with Crippen LogP contribution in [-0.4, -0.2) is 11.7 Å². The molecule has 1 saturated carbocycles. The van der Waals surface area contributed by atoms with Gasteiger partial charge < -0.3 is 5.11 Å². The van der Waals surface area contributed by atoms with Crippen molar-refractivity contribution in [2.24, 2.45) is 11.8 Å². The molecule has 12 heavy (non-hydrogen) atoms. The van der Waals surface area contributed by atoms with Crippen molar-refractivity contribution >= 4 is 0 Å². The lowest BCUT2D eigenvalue weighted by Crippen LogP contribution is -1.90. The summed E-state index contributed by atoms with van der Waals surface area (Å²) >= 11 is 0. The minimum atomic E-state index is 0.272. The third-order valence-corrected chi connectivity index (χ3v) is 2.55. The topological polar surface area (TPSA) is 20.2 Å². The van der Waals surface area contributed by atoms with Crippen molar-refractivity contribution in [2.75, 3.05) is 6.61 Å². The molecule has 1 aliphatic carbocycles. The zero-order valence-electron chi connectivity index (χ0n) is 7.58. The van der Waals surface area contributed by atoms with E-state index in [4.69, 9.17) is 5.11 Å². The molecule has 1 nitrogen and oxygen atoms in total. The maximum absolute atomic E-state index is 8.57. The van der Waals surface area contributed by atoms with Crippen LogP contribution in [0.1, 0.15) is 25.7 Å². The molecule has 0 aromatic heterocycles. The van der Waals surface area contributed by atoms with E-state index >= 15 is 0 Å². The zero-order valence-corrected chi connectivity index (χ0v) is 7.58. The Morgan fingerprint density at radius 3 is 2.67 bits per heavy atom.